The molecule has 2 amide bonds. The Hall–Kier alpha value is -2.82. The highest BCUT2D eigenvalue weighted by molar-refractivity contribution is 5.96. The summed E-state index contributed by atoms with van der Waals surface area (Å²) < 4.78 is 5.85. The van der Waals surface area contributed by atoms with E-state index in [0.29, 0.717) is 17.2 Å². The van der Waals surface area contributed by atoms with Crippen molar-refractivity contribution in [3.8, 4) is 5.75 Å². The second-order valence-corrected chi connectivity index (χ2v) is 6.19. The predicted octanol–water partition coefficient (Wildman–Crippen LogP) is 4.56. The van der Waals surface area contributed by atoms with Crippen molar-refractivity contribution >= 4 is 17.5 Å². The van der Waals surface area contributed by atoms with Gasteiger partial charge in [0.1, 0.15) is 5.75 Å². The average molecular weight is 340 g/mol. The number of Topliss-reactive ketones (excluding diaryl/α,β-unsaturated/α-hetero) is 1. The van der Waals surface area contributed by atoms with E-state index in [0.717, 1.165) is 11.3 Å². The van der Waals surface area contributed by atoms with Gasteiger partial charge in [-0.25, -0.2) is 4.79 Å². The molecule has 1 atom stereocenters. The first kappa shape index (κ1) is 18.5. The maximum absolute atomic E-state index is 12.1. The second-order valence-electron chi connectivity index (χ2n) is 6.19. The van der Waals surface area contributed by atoms with Crippen LogP contribution in [0.4, 0.5) is 10.5 Å². The van der Waals surface area contributed by atoms with E-state index in [1.165, 1.54) is 6.92 Å². The standard InChI is InChI=1S/C20H24N2O3/c1-13(2)18-10-5-6-11-19(18)25-15(4)21-20(24)22-17-9-7-8-16(12-17)14(3)23/h5-13,15H,1-4H3,(H2,21,22,24). The molecule has 0 fully saturated rings. The zero-order valence-electron chi connectivity index (χ0n) is 15.0. The zero-order chi connectivity index (χ0) is 18.4. The zero-order valence-corrected chi connectivity index (χ0v) is 15.0. The van der Waals surface area contributed by atoms with Gasteiger partial charge < -0.3 is 15.4 Å². The van der Waals surface area contributed by atoms with E-state index in [1.54, 1.807) is 31.2 Å². The van der Waals surface area contributed by atoms with Gasteiger partial charge in [0.05, 0.1) is 0 Å². The summed E-state index contributed by atoms with van der Waals surface area (Å²) >= 11 is 0. The Balaban J connectivity index is 1.97. The molecule has 0 bridgehead atoms. The molecule has 0 spiro atoms. The molecule has 2 N–H and O–H groups in total. The summed E-state index contributed by atoms with van der Waals surface area (Å²) in [6.07, 6.45) is -0.504. The van der Waals surface area contributed by atoms with Crippen molar-refractivity contribution in [2.45, 2.75) is 39.8 Å². The van der Waals surface area contributed by atoms with Crippen LogP contribution in [0.25, 0.3) is 0 Å². The lowest BCUT2D eigenvalue weighted by atomic mass is 10.0. The topological polar surface area (TPSA) is 67.4 Å². The fourth-order valence-corrected chi connectivity index (χ4v) is 2.45. The Morgan fingerprint density at radius 1 is 1.00 bits per heavy atom. The molecule has 5 heteroatoms. The van der Waals surface area contributed by atoms with E-state index >= 15 is 0 Å². The molecule has 0 saturated heterocycles. The highest BCUT2D eigenvalue weighted by atomic mass is 16.5. The van der Waals surface area contributed by atoms with Crippen LogP contribution < -0.4 is 15.4 Å². The molecule has 0 aliphatic heterocycles. The lowest BCUT2D eigenvalue weighted by Gasteiger charge is -2.20. The minimum Gasteiger partial charge on any atom is -0.471 e. The summed E-state index contributed by atoms with van der Waals surface area (Å²) in [6.45, 7) is 7.44. The second kappa shape index (κ2) is 8.33. The number of ether oxygens (including phenoxy) is 1. The Labute approximate surface area is 148 Å². The van der Waals surface area contributed by atoms with Crippen molar-refractivity contribution in [3.63, 3.8) is 0 Å². The number of urea groups is 1. The average Bonchev–Trinajstić information content (AvgIpc) is 2.55. The fourth-order valence-electron chi connectivity index (χ4n) is 2.45. The Morgan fingerprint density at radius 3 is 2.40 bits per heavy atom. The summed E-state index contributed by atoms with van der Waals surface area (Å²) in [5.74, 6) is 1.03. The van der Waals surface area contributed by atoms with Gasteiger partial charge in [-0.15, -0.1) is 0 Å². The molecular formula is C20H24N2O3. The number of carbonyl (C=O) groups excluding carboxylic acids is 2. The number of nitrogens with one attached hydrogen (secondary N) is 2. The first-order chi connectivity index (χ1) is 11.9. The summed E-state index contributed by atoms with van der Waals surface area (Å²) in [6, 6.07) is 14.2. The van der Waals surface area contributed by atoms with Gasteiger partial charge in [-0.05, 0) is 43.5 Å². The molecular weight excluding hydrogens is 316 g/mol. The van der Waals surface area contributed by atoms with Gasteiger partial charge in [0.25, 0.3) is 0 Å². The molecule has 0 saturated carbocycles. The summed E-state index contributed by atoms with van der Waals surface area (Å²) in [7, 11) is 0. The van der Waals surface area contributed by atoms with Crippen molar-refractivity contribution in [3.05, 3.63) is 59.7 Å². The van der Waals surface area contributed by atoms with E-state index in [-0.39, 0.29) is 5.78 Å². The molecule has 2 rings (SSSR count). The Kier molecular flexibility index (Phi) is 6.17. The maximum atomic E-state index is 12.1. The van der Waals surface area contributed by atoms with Crippen molar-refractivity contribution in [1.29, 1.82) is 0 Å². The van der Waals surface area contributed by atoms with Crippen LogP contribution in [0.15, 0.2) is 48.5 Å². The number of para-hydroxylation sites is 1. The van der Waals surface area contributed by atoms with Crippen LogP contribution in [0.2, 0.25) is 0 Å². The quantitative estimate of drug-likeness (QED) is 0.598. The molecule has 5 nitrogen and oxygen atoms in total. The third kappa shape index (κ3) is 5.35. The van der Waals surface area contributed by atoms with E-state index in [2.05, 4.69) is 24.5 Å². The third-order valence-corrected chi connectivity index (χ3v) is 3.71. The number of amides is 2. The molecule has 2 aromatic carbocycles. The van der Waals surface area contributed by atoms with Crippen LogP contribution >= 0.6 is 0 Å². The highest BCUT2D eigenvalue weighted by Crippen LogP contribution is 2.26. The molecule has 0 aliphatic rings. The van der Waals surface area contributed by atoms with Gasteiger partial charge in [-0.2, -0.15) is 0 Å². The summed E-state index contributed by atoms with van der Waals surface area (Å²) in [4.78, 5) is 23.5. The third-order valence-electron chi connectivity index (χ3n) is 3.71. The predicted molar refractivity (Wildman–Crippen MR) is 99.2 cm³/mol. The number of anilines is 1. The number of carbonyl (C=O) groups is 2. The van der Waals surface area contributed by atoms with E-state index in [9.17, 15) is 9.59 Å². The van der Waals surface area contributed by atoms with Crippen LogP contribution in [0.3, 0.4) is 0 Å². The van der Waals surface area contributed by atoms with Crippen molar-refractivity contribution in [1.82, 2.24) is 5.32 Å². The molecule has 132 valence electrons. The fraction of sp³-hybridized carbons (Fsp3) is 0.300. The summed E-state index contributed by atoms with van der Waals surface area (Å²) in [5, 5.41) is 5.44. The largest absolute Gasteiger partial charge is 0.471 e. The van der Waals surface area contributed by atoms with E-state index in [4.69, 9.17) is 4.74 Å². The SMILES string of the molecule is CC(=O)c1cccc(NC(=O)NC(C)Oc2ccccc2C(C)C)c1. The smallest absolute Gasteiger partial charge is 0.322 e. The van der Waals surface area contributed by atoms with Gasteiger partial charge in [-0.3, -0.25) is 4.79 Å². The first-order valence-electron chi connectivity index (χ1n) is 8.31. The van der Waals surface area contributed by atoms with Crippen LogP contribution in [-0.2, 0) is 0 Å². The number of hydrogen-bond donors (Lipinski definition) is 2. The molecule has 2 aromatic rings. The van der Waals surface area contributed by atoms with Gasteiger partial charge in [0, 0.05) is 11.3 Å². The van der Waals surface area contributed by atoms with Gasteiger partial charge in [-0.1, -0.05) is 44.2 Å². The maximum Gasteiger partial charge on any atom is 0.322 e. The lowest BCUT2D eigenvalue weighted by Crippen LogP contribution is -2.39. The molecule has 25 heavy (non-hydrogen) atoms. The van der Waals surface area contributed by atoms with Crippen LogP contribution in [0, 0.1) is 0 Å². The van der Waals surface area contributed by atoms with Crippen molar-refractivity contribution in [2.75, 3.05) is 5.32 Å². The molecule has 0 aromatic heterocycles. The van der Waals surface area contributed by atoms with Crippen LogP contribution in [-0.4, -0.2) is 18.0 Å². The normalized spacial score (nSPS) is 11.7. The summed E-state index contributed by atoms with van der Waals surface area (Å²) in [5.41, 5.74) is 2.19. The number of benzene rings is 2. The molecule has 0 radical (unpaired) electrons. The van der Waals surface area contributed by atoms with Gasteiger partial charge >= 0.3 is 6.03 Å². The number of hydrogen-bond acceptors (Lipinski definition) is 3. The van der Waals surface area contributed by atoms with Crippen LogP contribution in [0.5, 0.6) is 5.75 Å². The monoisotopic (exact) mass is 340 g/mol. The minimum absolute atomic E-state index is 0.0500. The highest BCUT2D eigenvalue weighted by Gasteiger charge is 2.13. The van der Waals surface area contributed by atoms with Crippen molar-refractivity contribution in [2.24, 2.45) is 0 Å². The number of rotatable bonds is 6. The van der Waals surface area contributed by atoms with Gasteiger partial charge in [0.15, 0.2) is 12.0 Å². The molecule has 0 aliphatic carbocycles. The van der Waals surface area contributed by atoms with Crippen LogP contribution in [0.1, 0.15) is 49.5 Å². The van der Waals surface area contributed by atoms with Gasteiger partial charge in [0.2, 0.25) is 0 Å². The molecule has 0 heterocycles. The Bertz CT molecular complexity index is 756. The minimum atomic E-state index is -0.504. The first-order valence-corrected chi connectivity index (χ1v) is 8.31. The Morgan fingerprint density at radius 2 is 1.72 bits per heavy atom. The lowest BCUT2D eigenvalue weighted by molar-refractivity contribution is 0.101. The van der Waals surface area contributed by atoms with E-state index < -0.39 is 12.3 Å². The number of ketones is 1. The van der Waals surface area contributed by atoms with E-state index in [1.807, 2.05) is 24.3 Å². The van der Waals surface area contributed by atoms with Crippen molar-refractivity contribution < 1.29 is 14.3 Å². The molecule has 1 unspecified atom stereocenters.